The summed E-state index contributed by atoms with van der Waals surface area (Å²) in [4.78, 5) is 0. The molecule has 104 valence electrons. The molecule has 19 heavy (non-hydrogen) atoms. The summed E-state index contributed by atoms with van der Waals surface area (Å²) in [7, 11) is 0. The maximum atomic E-state index is 9.51. The minimum atomic E-state index is -0.0979. The number of hydrogen-bond donors (Lipinski definition) is 2. The Kier molecular flexibility index (Phi) is 3.89. The fourth-order valence-electron chi connectivity index (χ4n) is 2.81. The van der Waals surface area contributed by atoms with E-state index in [9.17, 15) is 5.11 Å². The van der Waals surface area contributed by atoms with Crippen molar-refractivity contribution in [1.82, 2.24) is 5.32 Å². The lowest BCUT2D eigenvalue weighted by molar-refractivity contribution is 0.116. The summed E-state index contributed by atoms with van der Waals surface area (Å²) in [6.07, 6.45) is 3.81. The van der Waals surface area contributed by atoms with Gasteiger partial charge < -0.3 is 19.9 Å². The van der Waals surface area contributed by atoms with Gasteiger partial charge in [0.2, 0.25) is 0 Å². The lowest BCUT2D eigenvalue weighted by Crippen LogP contribution is -2.34. The molecule has 1 aliphatic carbocycles. The summed E-state index contributed by atoms with van der Waals surface area (Å²) in [5.74, 6) is 1.74. The van der Waals surface area contributed by atoms with Crippen LogP contribution in [-0.4, -0.2) is 30.5 Å². The van der Waals surface area contributed by atoms with Gasteiger partial charge in [-0.2, -0.15) is 0 Å². The molecule has 0 atom stereocenters. The van der Waals surface area contributed by atoms with Crippen molar-refractivity contribution >= 4 is 0 Å². The smallest absolute Gasteiger partial charge is 0.165 e. The molecule has 2 N–H and O–H groups in total. The first-order chi connectivity index (χ1) is 9.33. The minimum Gasteiger partial charge on any atom is -0.486 e. The maximum Gasteiger partial charge on any atom is 0.165 e. The lowest BCUT2D eigenvalue weighted by Gasteiger charge is -2.27. The summed E-state index contributed by atoms with van der Waals surface area (Å²) >= 11 is 0. The summed E-state index contributed by atoms with van der Waals surface area (Å²) < 4.78 is 11.3. The molecule has 4 heteroatoms. The van der Waals surface area contributed by atoms with Gasteiger partial charge in [-0.25, -0.2) is 0 Å². The van der Waals surface area contributed by atoms with E-state index >= 15 is 0 Å². The van der Waals surface area contributed by atoms with Gasteiger partial charge in [-0.3, -0.25) is 0 Å². The molecule has 0 aromatic heterocycles. The van der Waals surface area contributed by atoms with Gasteiger partial charge in [-0.1, -0.05) is 12.1 Å². The van der Waals surface area contributed by atoms with Crippen molar-refractivity contribution in [2.45, 2.75) is 44.4 Å². The van der Waals surface area contributed by atoms with Crippen molar-refractivity contribution in [2.24, 2.45) is 0 Å². The standard InChI is InChI=1S/C15H21NO3/c17-13-6-4-12(5-7-13)16-10-11-2-1-3-14-15(11)19-9-8-18-14/h1-3,12-13,16-17H,4-10H2. The van der Waals surface area contributed by atoms with E-state index in [1.807, 2.05) is 12.1 Å². The predicted molar refractivity (Wildman–Crippen MR) is 72.5 cm³/mol. The lowest BCUT2D eigenvalue weighted by atomic mass is 9.93. The van der Waals surface area contributed by atoms with Crippen molar-refractivity contribution < 1.29 is 14.6 Å². The molecule has 1 aromatic carbocycles. The first-order valence-electron chi connectivity index (χ1n) is 7.12. The number of nitrogens with one attached hydrogen (secondary N) is 1. The Labute approximate surface area is 113 Å². The Morgan fingerprint density at radius 2 is 1.89 bits per heavy atom. The zero-order valence-corrected chi connectivity index (χ0v) is 11.1. The van der Waals surface area contributed by atoms with Gasteiger partial charge in [0, 0.05) is 18.2 Å². The van der Waals surface area contributed by atoms with Gasteiger partial charge in [0.1, 0.15) is 13.2 Å². The second-order valence-electron chi connectivity index (χ2n) is 5.33. The van der Waals surface area contributed by atoms with Crippen LogP contribution in [0.4, 0.5) is 0 Å². The van der Waals surface area contributed by atoms with Crippen molar-refractivity contribution in [2.75, 3.05) is 13.2 Å². The molecule has 1 aromatic rings. The zero-order valence-electron chi connectivity index (χ0n) is 11.1. The SMILES string of the molecule is OC1CCC(NCc2cccc3c2OCCO3)CC1. The molecular formula is C15H21NO3. The Morgan fingerprint density at radius 1 is 1.11 bits per heavy atom. The third-order valence-corrected chi connectivity index (χ3v) is 3.93. The Hall–Kier alpha value is -1.26. The van der Waals surface area contributed by atoms with Crippen LogP contribution in [-0.2, 0) is 6.54 Å². The molecule has 1 saturated carbocycles. The molecule has 3 rings (SSSR count). The van der Waals surface area contributed by atoms with E-state index in [-0.39, 0.29) is 6.10 Å². The molecule has 1 aliphatic heterocycles. The highest BCUT2D eigenvalue weighted by atomic mass is 16.6. The summed E-state index contributed by atoms with van der Waals surface area (Å²) in [6, 6.07) is 6.55. The second-order valence-corrected chi connectivity index (χ2v) is 5.33. The Balaban J connectivity index is 1.61. The normalized spacial score (nSPS) is 26.2. The van der Waals surface area contributed by atoms with Crippen LogP contribution in [0.15, 0.2) is 18.2 Å². The minimum absolute atomic E-state index is 0.0979. The van der Waals surface area contributed by atoms with Crippen molar-refractivity contribution in [3.63, 3.8) is 0 Å². The van der Waals surface area contributed by atoms with Crippen LogP contribution in [0.5, 0.6) is 11.5 Å². The number of benzene rings is 1. The van der Waals surface area contributed by atoms with Crippen LogP contribution in [0.25, 0.3) is 0 Å². The van der Waals surface area contributed by atoms with E-state index in [0.717, 1.165) is 49.3 Å². The maximum absolute atomic E-state index is 9.51. The van der Waals surface area contributed by atoms with Crippen molar-refractivity contribution in [3.8, 4) is 11.5 Å². The number of aliphatic hydroxyl groups excluding tert-OH is 1. The van der Waals surface area contributed by atoms with Gasteiger partial charge >= 0.3 is 0 Å². The summed E-state index contributed by atoms with van der Waals surface area (Å²) in [6.45, 7) is 2.05. The van der Waals surface area contributed by atoms with Crippen LogP contribution in [0, 0.1) is 0 Å². The molecule has 1 heterocycles. The molecule has 0 unspecified atom stereocenters. The van der Waals surface area contributed by atoms with Crippen LogP contribution >= 0.6 is 0 Å². The fraction of sp³-hybridized carbons (Fsp3) is 0.600. The summed E-state index contributed by atoms with van der Waals surface area (Å²) in [5, 5.41) is 13.1. The van der Waals surface area contributed by atoms with Crippen LogP contribution in [0.3, 0.4) is 0 Å². The Morgan fingerprint density at radius 3 is 2.74 bits per heavy atom. The molecule has 1 fully saturated rings. The van der Waals surface area contributed by atoms with Gasteiger partial charge in [0.05, 0.1) is 6.10 Å². The number of rotatable bonds is 3. The first kappa shape index (κ1) is 12.8. The largest absolute Gasteiger partial charge is 0.486 e. The molecule has 0 amide bonds. The van der Waals surface area contributed by atoms with E-state index in [2.05, 4.69) is 11.4 Å². The first-order valence-corrected chi connectivity index (χ1v) is 7.12. The number of fused-ring (bicyclic) bond motifs is 1. The number of ether oxygens (including phenoxy) is 2. The van der Waals surface area contributed by atoms with Crippen LogP contribution in [0.1, 0.15) is 31.2 Å². The highest BCUT2D eigenvalue weighted by Crippen LogP contribution is 2.33. The fourth-order valence-corrected chi connectivity index (χ4v) is 2.81. The molecular weight excluding hydrogens is 242 g/mol. The van der Waals surface area contributed by atoms with Crippen molar-refractivity contribution in [3.05, 3.63) is 23.8 Å². The van der Waals surface area contributed by atoms with Crippen molar-refractivity contribution in [1.29, 1.82) is 0 Å². The molecule has 0 saturated heterocycles. The van der Waals surface area contributed by atoms with Crippen LogP contribution < -0.4 is 14.8 Å². The van der Waals surface area contributed by atoms with Gasteiger partial charge in [-0.15, -0.1) is 0 Å². The average molecular weight is 263 g/mol. The number of para-hydroxylation sites is 1. The Bertz CT molecular complexity index is 427. The van der Waals surface area contributed by atoms with Gasteiger partial charge in [0.15, 0.2) is 11.5 Å². The summed E-state index contributed by atoms with van der Waals surface area (Å²) in [5.41, 5.74) is 1.16. The predicted octanol–water partition coefficient (Wildman–Crippen LogP) is 1.85. The molecule has 4 nitrogen and oxygen atoms in total. The highest BCUT2D eigenvalue weighted by Gasteiger charge is 2.20. The molecule has 0 spiro atoms. The second kappa shape index (κ2) is 5.80. The van der Waals surface area contributed by atoms with E-state index < -0.39 is 0 Å². The van der Waals surface area contributed by atoms with Gasteiger partial charge in [0.25, 0.3) is 0 Å². The van der Waals surface area contributed by atoms with Gasteiger partial charge in [-0.05, 0) is 31.7 Å². The molecule has 0 bridgehead atoms. The topological polar surface area (TPSA) is 50.7 Å². The third kappa shape index (κ3) is 3.01. The van der Waals surface area contributed by atoms with Crippen LogP contribution in [0.2, 0.25) is 0 Å². The van der Waals surface area contributed by atoms with E-state index in [1.165, 1.54) is 0 Å². The monoisotopic (exact) mass is 263 g/mol. The molecule has 2 aliphatic rings. The quantitative estimate of drug-likeness (QED) is 0.874. The zero-order chi connectivity index (χ0) is 13.1. The highest BCUT2D eigenvalue weighted by molar-refractivity contribution is 5.47. The van der Waals surface area contributed by atoms with E-state index in [0.29, 0.717) is 19.3 Å². The molecule has 0 radical (unpaired) electrons. The van der Waals surface area contributed by atoms with E-state index in [1.54, 1.807) is 0 Å². The number of hydrogen-bond acceptors (Lipinski definition) is 4. The van der Waals surface area contributed by atoms with E-state index in [4.69, 9.17) is 9.47 Å². The average Bonchev–Trinajstić information content (AvgIpc) is 2.47. The number of aliphatic hydroxyl groups is 1. The third-order valence-electron chi connectivity index (χ3n) is 3.93.